The number of nitrogens with one attached hydrogen (secondary N) is 4. The first-order valence-electron chi connectivity index (χ1n) is 12.2. The first-order chi connectivity index (χ1) is 18.9. The lowest BCUT2D eigenvalue weighted by atomic mass is 10.0. The van der Waals surface area contributed by atoms with Crippen molar-refractivity contribution in [1.29, 1.82) is 10.8 Å². The highest BCUT2D eigenvalue weighted by Gasteiger charge is 2.31. The zero-order chi connectivity index (χ0) is 29.3. The molecule has 0 radical (unpaired) electrons. The van der Waals surface area contributed by atoms with Gasteiger partial charge in [0.05, 0.1) is 5.56 Å². The molecule has 0 unspecified atom stereocenters. The molecule has 40 heavy (non-hydrogen) atoms. The monoisotopic (exact) mass is 608 g/mol. The minimum atomic E-state index is -4.55. The summed E-state index contributed by atoms with van der Waals surface area (Å²) in [6.45, 7) is 2.86. The van der Waals surface area contributed by atoms with Gasteiger partial charge in [0.1, 0.15) is 0 Å². The lowest BCUT2D eigenvalue weighted by Gasteiger charge is -2.08. The number of aryl methyl sites for hydroxylation is 1. The minimum absolute atomic E-state index is 0.113. The summed E-state index contributed by atoms with van der Waals surface area (Å²) >= 11 is 3.44. The fourth-order valence-corrected chi connectivity index (χ4v) is 4.39. The molecular formula is C30H28BrF3N6. The summed E-state index contributed by atoms with van der Waals surface area (Å²) in [5.41, 5.74) is 14.4. The lowest BCUT2D eigenvalue weighted by Crippen LogP contribution is -2.31. The van der Waals surface area contributed by atoms with Crippen molar-refractivity contribution in [3.63, 3.8) is 0 Å². The standard InChI is InChI=1S/C30H28BrF3N6/c1-19-10-20(12-24(11-19)6-8-39-28(35)36)2-3-21-13-22(16-26(15-21)30(32,33)34)4-5-23-14-25(18-27(31)17-23)7-9-40-29(37)38/h10-18H,6-9H2,1H3,(H4,35,36,39)(H4,37,38,40). The van der Waals surface area contributed by atoms with Crippen LogP contribution in [0.5, 0.6) is 0 Å². The van der Waals surface area contributed by atoms with Crippen LogP contribution in [0.15, 0.2) is 59.1 Å². The second-order valence-electron chi connectivity index (χ2n) is 9.03. The number of hydrogen-bond acceptors (Lipinski definition) is 2. The molecule has 3 rings (SSSR count). The number of benzene rings is 3. The molecule has 0 fully saturated rings. The van der Waals surface area contributed by atoms with Crippen molar-refractivity contribution in [2.45, 2.75) is 25.9 Å². The van der Waals surface area contributed by atoms with Crippen LogP contribution in [0.2, 0.25) is 0 Å². The van der Waals surface area contributed by atoms with Gasteiger partial charge in [-0.3, -0.25) is 10.8 Å². The second kappa shape index (κ2) is 13.6. The largest absolute Gasteiger partial charge is 0.416 e. The van der Waals surface area contributed by atoms with Crippen LogP contribution in [0.3, 0.4) is 0 Å². The SMILES string of the molecule is Cc1cc(C#Cc2cc(C#Cc3cc(Br)cc(CCNC(=N)N)c3)cc(C(F)(F)F)c2)cc(CCNC(=N)N)c1. The zero-order valence-electron chi connectivity index (χ0n) is 21.7. The molecule has 0 atom stereocenters. The highest BCUT2D eigenvalue weighted by molar-refractivity contribution is 9.10. The number of halogens is 4. The third-order valence-corrected chi connectivity index (χ3v) is 5.97. The molecule has 8 N–H and O–H groups in total. The van der Waals surface area contributed by atoms with E-state index in [4.69, 9.17) is 22.3 Å². The van der Waals surface area contributed by atoms with Gasteiger partial charge >= 0.3 is 6.18 Å². The molecule has 0 bridgehead atoms. The van der Waals surface area contributed by atoms with Crippen molar-refractivity contribution >= 4 is 27.8 Å². The summed E-state index contributed by atoms with van der Waals surface area (Å²) in [5, 5.41) is 20.0. The molecule has 0 aliphatic carbocycles. The van der Waals surface area contributed by atoms with Crippen LogP contribution in [0.25, 0.3) is 0 Å². The van der Waals surface area contributed by atoms with Gasteiger partial charge in [0.15, 0.2) is 11.9 Å². The van der Waals surface area contributed by atoms with Crippen LogP contribution in [-0.4, -0.2) is 25.0 Å². The highest BCUT2D eigenvalue weighted by Crippen LogP contribution is 2.30. The van der Waals surface area contributed by atoms with Crippen LogP contribution in [0, 0.1) is 41.4 Å². The molecule has 206 valence electrons. The van der Waals surface area contributed by atoms with E-state index in [9.17, 15) is 13.2 Å². The third-order valence-electron chi connectivity index (χ3n) is 5.52. The van der Waals surface area contributed by atoms with Crippen LogP contribution < -0.4 is 22.1 Å². The minimum Gasteiger partial charge on any atom is -0.370 e. The van der Waals surface area contributed by atoms with Gasteiger partial charge in [-0.15, -0.1) is 0 Å². The second-order valence-corrected chi connectivity index (χ2v) is 9.95. The van der Waals surface area contributed by atoms with Gasteiger partial charge in [-0.25, -0.2) is 0 Å². The molecule has 3 aromatic carbocycles. The topological polar surface area (TPSA) is 124 Å². The molecule has 0 saturated carbocycles. The summed E-state index contributed by atoms with van der Waals surface area (Å²) in [4.78, 5) is 0. The Hall–Kier alpha value is -4.41. The fraction of sp³-hybridized carbons (Fsp3) is 0.200. The fourth-order valence-electron chi connectivity index (χ4n) is 3.85. The number of alkyl halides is 3. The van der Waals surface area contributed by atoms with Crippen molar-refractivity contribution in [1.82, 2.24) is 10.6 Å². The molecule has 0 aliphatic rings. The van der Waals surface area contributed by atoms with Crippen LogP contribution in [0.1, 0.15) is 44.5 Å². The van der Waals surface area contributed by atoms with Gasteiger partial charge in [-0.1, -0.05) is 45.7 Å². The van der Waals surface area contributed by atoms with E-state index >= 15 is 0 Å². The number of guanidine groups is 2. The van der Waals surface area contributed by atoms with E-state index in [-0.39, 0.29) is 23.0 Å². The van der Waals surface area contributed by atoms with Crippen molar-refractivity contribution in [3.8, 4) is 23.7 Å². The van der Waals surface area contributed by atoms with E-state index in [1.54, 1.807) is 12.1 Å². The Morgan fingerprint density at radius 2 is 1.18 bits per heavy atom. The molecule has 0 heterocycles. The first-order valence-corrected chi connectivity index (χ1v) is 13.0. The number of hydrogen-bond donors (Lipinski definition) is 6. The van der Waals surface area contributed by atoms with E-state index in [1.807, 2.05) is 37.3 Å². The molecule has 3 aromatic rings. The van der Waals surface area contributed by atoms with E-state index in [1.165, 1.54) is 0 Å². The molecule has 0 spiro atoms. The number of nitrogens with two attached hydrogens (primary N) is 2. The molecule has 0 aromatic heterocycles. The van der Waals surface area contributed by atoms with Crippen LogP contribution in [-0.2, 0) is 19.0 Å². The quantitative estimate of drug-likeness (QED) is 0.139. The van der Waals surface area contributed by atoms with Gasteiger partial charge in [0.2, 0.25) is 0 Å². The normalized spacial score (nSPS) is 10.5. The van der Waals surface area contributed by atoms with Crippen LogP contribution in [0.4, 0.5) is 13.2 Å². The molecule has 0 saturated heterocycles. The maximum absolute atomic E-state index is 13.7. The van der Waals surface area contributed by atoms with Gasteiger partial charge in [0, 0.05) is 39.8 Å². The predicted molar refractivity (Wildman–Crippen MR) is 156 cm³/mol. The highest BCUT2D eigenvalue weighted by atomic mass is 79.9. The van der Waals surface area contributed by atoms with E-state index in [0.717, 1.165) is 33.3 Å². The van der Waals surface area contributed by atoms with Crippen LogP contribution >= 0.6 is 15.9 Å². The number of rotatable bonds is 6. The lowest BCUT2D eigenvalue weighted by molar-refractivity contribution is -0.137. The average molecular weight is 609 g/mol. The maximum atomic E-state index is 13.7. The molecule has 0 aliphatic heterocycles. The average Bonchev–Trinajstić information content (AvgIpc) is 2.85. The van der Waals surface area contributed by atoms with Gasteiger partial charge in [-0.2, -0.15) is 13.2 Å². The predicted octanol–water partition coefficient (Wildman–Crippen LogP) is 4.63. The summed E-state index contributed by atoms with van der Waals surface area (Å²) in [6, 6.07) is 14.8. The Labute approximate surface area is 239 Å². The Morgan fingerprint density at radius 3 is 1.65 bits per heavy atom. The summed E-state index contributed by atoms with van der Waals surface area (Å²) in [7, 11) is 0. The smallest absolute Gasteiger partial charge is 0.370 e. The third kappa shape index (κ3) is 10.0. The first kappa shape index (κ1) is 30.1. The van der Waals surface area contributed by atoms with Gasteiger partial charge in [0.25, 0.3) is 0 Å². The van der Waals surface area contributed by atoms with E-state index in [0.29, 0.717) is 37.1 Å². The van der Waals surface area contributed by atoms with Crippen molar-refractivity contribution < 1.29 is 13.2 Å². The zero-order valence-corrected chi connectivity index (χ0v) is 23.3. The van der Waals surface area contributed by atoms with Gasteiger partial charge in [-0.05, 0) is 85.0 Å². The molecule has 0 amide bonds. The van der Waals surface area contributed by atoms with Crippen molar-refractivity contribution in [2.75, 3.05) is 13.1 Å². The summed E-state index contributed by atoms with van der Waals surface area (Å²) < 4.78 is 41.8. The molecular weight excluding hydrogens is 581 g/mol. The Balaban J connectivity index is 1.90. The molecule has 10 heteroatoms. The van der Waals surface area contributed by atoms with E-state index < -0.39 is 11.7 Å². The summed E-state index contributed by atoms with van der Waals surface area (Å²) in [5.74, 6) is 11.4. The maximum Gasteiger partial charge on any atom is 0.416 e. The summed E-state index contributed by atoms with van der Waals surface area (Å²) in [6.07, 6.45) is -3.35. The Morgan fingerprint density at radius 1 is 0.725 bits per heavy atom. The van der Waals surface area contributed by atoms with Crippen molar-refractivity contribution in [2.24, 2.45) is 11.5 Å². The van der Waals surface area contributed by atoms with E-state index in [2.05, 4.69) is 50.2 Å². The Kier molecular flexibility index (Phi) is 10.2. The molecule has 6 nitrogen and oxygen atoms in total. The van der Waals surface area contributed by atoms with Gasteiger partial charge < -0.3 is 22.1 Å². The van der Waals surface area contributed by atoms with Crippen molar-refractivity contribution in [3.05, 3.63) is 104 Å². The Bertz CT molecular complexity index is 1440.